The summed E-state index contributed by atoms with van der Waals surface area (Å²) in [6.07, 6.45) is 3.16. The summed E-state index contributed by atoms with van der Waals surface area (Å²) in [7, 11) is 0. The maximum atomic E-state index is 15.5. The van der Waals surface area contributed by atoms with Crippen molar-refractivity contribution in [1.82, 2.24) is 9.88 Å². The Labute approximate surface area is 192 Å². The van der Waals surface area contributed by atoms with Gasteiger partial charge in [-0.25, -0.2) is 14.0 Å². The number of carboxylic acids is 1. The average Bonchev–Trinajstić information content (AvgIpc) is 3.75. The predicted octanol–water partition coefficient (Wildman–Crippen LogP) is 3.64. The lowest BCUT2D eigenvalue weighted by atomic mass is 9.97. The maximum Gasteiger partial charge on any atom is 0.408 e. The van der Waals surface area contributed by atoms with Crippen LogP contribution in [0.4, 0.5) is 9.18 Å². The number of nitrogens with zero attached hydrogens (tertiary/aromatic N) is 1. The highest BCUT2D eigenvalue weighted by molar-refractivity contribution is 5.95. The monoisotopic (exact) mass is 464 g/mol. The molecule has 2 N–H and O–H groups in total. The van der Waals surface area contributed by atoms with E-state index >= 15 is 4.39 Å². The molecule has 2 aromatic carbocycles. The van der Waals surface area contributed by atoms with E-state index in [1.807, 2.05) is 30.3 Å². The minimum absolute atomic E-state index is 0.0374. The molecular formula is C25H21FN2O6. The van der Waals surface area contributed by atoms with Crippen LogP contribution in [0.1, 0.15) is 47.2 Å². The van der Waals surface area contributed by atoms with Crippen LogP contribution in [-0.4, -0.2) is 28.3 Å². The van der Waals surface area contributed by atoms with Gasteiger partial charge in [0.1, 0.15) is 24.6 Å². The number of carbonyl (C=O) groups excluding carboxylic acids is 1. The molecule has 1 amide bonds. The van der Waals surface area contributed by atoms with Gasteiger partial charge in [-0.2, -0.15) is 0 Å². The summed E-state index contributed by atoms with van der Waals surface area (Å²) in [4.78, 5) is 37.1. The third-order valence-corrected chi connectivity index (χ3v) is 7.03. The second kappa shape index (κ2) is 7.06. The number of aromatic nitrogens is 1. The van der Waals surface area contributed by atoms with E-state index in [2.05, 4.69) is 5.32 Å². The number of hydrogen-bond donors (Lipinski definition) is 2. The van der Waals surface area contributed by atoms with E-state index in [4.69, 9.17) is 9.47 Å². The van der Waals surface area contributed by atoms with Crippen LogP contribution >= 0.6 is 0 Å². The Morgan fingerprint density at radius 3 is 2.56 bits per heavy atom. The van der Waals surface area contributed by atoms with Gasteiger partial charge in [0.05, 0.1) is 27.5 Å². The number of amides is 1. The van der Waals surface area contributed by atoms with E-state index < -0.39 is 39.9 Å². The van der Waals surface area contributed by atoms with Crippen LogP contribution in [0.5, 0.6) is 5.75 Å². The standard InChI is InChI=1S/C25H21FN2O6/c26-17-10-15-19-21(34-13-24(6-7-24)28(19)11-16(20(15)29)22(30)31)18(17)25(8-9-25)27-23(32)33-12-14-4-2-1-3-5-14/h1-5,10-11H,6-9,12-13H2,(H,27,32)(H,30,31). The number of fused-ring (bicyclic) bond motifs is 1. The first-order valence-electron chi connectivity index (χ1n) is 11.1. The summed E-state index contributed by atoms with van der Waals surface area (Å²) in [6.45, 7) is 0.314. The van der Waals surface area contributed by atoms with Gasteiger partial charge in [0.15, 0.2) is 5.75 Å². The fourth-order valence-electron chi connectivity index (χ4n) is 4.86. The zero-order valence-corrected chi connectivity index (χ0v) is 18.1. The molecular weight excluding hydrogens is 443 g/mol. The van der Waals surface area contributed by atoms with E-state index in [0.29, 0.717) is 18.4 Å². The smallest absolute Gasteiger partial charge is 0.408 e. The van der Waals surface area contributed by atoms with E-state index in [9.17, 15) is 19.5 Å². The highest BCUT2D eigenvalue weighted by Crippen LogP contribution is 2.56. The number of halogens is 1. The molecule has 34 heavy (non-hydrogen) atoms. The van der Waals surface area contributed by atoms with Crippen molar-refractivity contribution in [1.29, 1.82) is 0 Å². The summed E-state index contributed by atoms with van der Waals surface area (Å²) in [6, 6.07) is 10.3. The van der Waals surface area contributed by atoms with Crippen LogP contribution in [0.15, 0.2) is 47.4 Å². The number of carboxylic acid groups (broad SMARTS) is 1. The topological polar surface area (TPSA) is 107 Å². The minimum atomic E-state index is -1.36. The van der Waals surface area contributed by atoms with Crippen molar-refractivity contribution in [3.8, 4) is 5.75 Å². The number of benzene rings is 2. The molecule has 174 valence electrons. The number of pyridine rings is 1. The van der Waals surface area contributed by atoms with Crippen LogP contribution < -0.4 is 15.5 Å². The van der Waals surface area contributed by atoms with Crippen molar-refractivity contribution in [2.24, 2.45) is 0 Å². The molecule has 2 aliphatic carbocycles. The van der Waals surface area contributed by atoms with Crippen molar-refractivity contribution in [2.45, 2.75) is 43.4 Å². The lowest BCUT2D eigenvalue weighted by Crippen LogP contribution is -2.38. The van der Waals surface area contributed by atoms with Crippen molar-refractivity contribution >= 4 is 23.0 Å². The molecule has 0 atom stereocenters. The number of alkyl carbamates (subject to hydrolysis) is 1. The summed E-state index contributed by atoms with van der Waals surface area (Å²) in [5.74, 6) is -1.89. The Bertz CT molecular complexity index is 1420. The molecule has 0 unspecified atom stereocenters. The van der Waals surface area contributed by atoms with E-state index in [0.717, 1.165) is 24.5 Å². The largest absolute Gasteiger partial charge is 0.488 e. The molecule has 2 heterocycles. The first-order chi connectivity index (χ1) is 16.3. The van der Waals surface area contributed by atoms with E-state index in [-0.39, 0.29) is 29.9 Å². The van der Waals surface area contributed by atoms with Crippen LogP contribution in [0, 0.1) is 5.82 Å². The Hall–Kier alpha value is -3.88. The summed E-state index contributed by atoms with van der Waals surface area (Å²) >= 11 is 0. The van der Waals surface area contributed by atoms with Crippen molar-refractivity contribution in [3.63, 3.8) is 0 Å². The van der Waals surface area contributed by atoms with Gasteiger partial charge < -0.3 is 24.5 Å². The molecule has 1 spiro atoms. The first-order valence-corrected chi connectivity index (χ1v) is 11.1. The van der Waals surface area contributed by atoms with Gasteiger partial charge >= 0.3 is 12.1 Å². The molecule has 2 fully saturated rings. The van der Waals surface area contributed by atoms with Gasteiger partial charge in [0.25, 0.3) is 0 Å². The Balaban J connectivity index is 1.41. The minimum Gasteiger partial charge on any atom is -0.488 e. The maximum absolute atomic E-state index is 15.5. The molecule has 8 nitrogen and oxygen atoms in total. The highest BCUT2D eigenvalue weighted by Gasteiger charge is 2.54. The van der Waals surface area contributed by atoms with Gasteiger partial charge in [0.2, 0.25) is 5.43 Å². The third kappa shape index (κ3) is 3.07. The molecule has 0 bridgehead atoms. The van der Waals surface area contributed by atoms with Gasteiger partial charge in [-0.15, -0.1) is 0 Å². The average molecular weight is 464 g/mol. The number of hydrogen-bond acceptors (Lipinski definition) is 5. The summed E-state index contributed by atoms with van der Waals surface area (Å²) in [5.41, 5.74) is -1.23. The second-order valence-corrected chi connectivity index (χ2v) is 9.29. The lowest BCUT2D eigenvalue weighted by Gasteiger charge is -2.32. The summed E-state index contributed by atoms with van der Waals surface area (Å²) < 4.78 is 28.6. The molecule has 0 radical (unpaired) electrons. The van der Waals surface area contributed by atoms with Gasteiger partial charge in [-0.3, -0.25) is 4.79 Å². The zero-order chi connectivity index (χ0) is 23.7. The van der Waals surface area contributed by atoms with Gasteiger partial charge in [-0.05, 0) is 37.3 Å². The third-order valence-electron chi connectivity index (χ3n) is 7.03. The number of aromatic carboxylic acids is 1. The van der Waals surface area contributed by atoms with E-state index in [1.165, 1.54) is 6.20 Å². The predicted molar refractivity (Wildman–Crippen MR) is 119 cm³/mol. The number of carbonyl (C=O) groups is 2. The van der Waals surface area contributed by atoms with Gasteiger partial charge in [0, 0.05) is 6.20 Å². The normalized spacial score (nSPS) is 18.3. The number of ether oxygens (including phenoxy) is 2. The molecule has 0 saturated heterocycles. The molecule has 3 aliphatic rings. The van der Waals surface area contributed by atoms with Crippen molar-refractivity contribution in [3.05, 3.63) is 75.3 Å². The molecule has 2 saturated carbocycles. The Kier molecular flexibility index (Phi) is 4.30. The van der Waals surface area contributed by atoms with Gasteiger partial charge in [-0.1, -0.05) is 30.3 Å². The Morgan fingerprint density at radius 1 is 1.18 bits per heavy atom. The Morgan fingerprint density at radius 2 is 1.91 bits per heavy atom. The molecule has 1 aliphatic heterocycles. The molecule has 6 rings (SSSR count). The number of nitrogens with one attached hydrogen (secondary N) is 1. The lowest BCUT2D eigenvalue weighted by molar-refractivity contribution is 0.0694. The fraction of sp³-hybridized carbons (Fsp3) is 0.320. The second-order valence-electron chi connectivity index (χ2n) is 9.29. The van der Waals surface area contributed by atoms with Crippen LogP contribution in [0.25, 0.3) is 10.9 Å². The first kappa shape index (κ1) is 20.7. The zero-order valence-electron chi connectivity index (χ0n) is 18.1. The molecule has 3 aromatic rings. The SMILES string of the molecule is O=C(NC1(c2c(F)cc3c(=O)c(C(=O)O)cn4c3c2OCC42CC2)CC1)OCc1ccccc1. The quantitative estimate of drug-likeness (QED) is 0.597. The molecule has 1 aromatic heterocycles. The van der Waals surface area contributed by atoms with E-state index in [1.54, 1.807) is 4.57 Å². The van der Waals surface area contributed by atoms with Crippen molar-refractivity contribution < 1.29 is 28.6 Å². The summed E-state index contributed by atoms with van der Waals surface area (Å²) in [5, 5.41) is 12.3. The number of rotatable bonds is 5. The highest BCUT2D eigenvalue weighted by atomic mass is 19.1. The van der Waals surface area contributed by atoms with Crippen LogP contribution in [0.3, 0.4) is 0 Å². The van der Waals surface area contributed by atoms with Crippen LogP contribution in [0.2, 0.25) is 0 Å². The van der Waals surface area contributed by atoms with Crippen molar-refractivity contribution in [2.75, 3.05) is 6.61 Å². The molecule has 9 heteroatoms. The van der Waals surface area contributed by atoms with Crippen LogP contribution in [-0.2, 0) is 22.4 Å². The fourth-order valence-corrected chi connectivity index (χ4v) is 4.86.